The van der Waals surface area contributed by atoms with Gasteiger partial charge in [-0.05, 0) is 58.1 Å². The van der Waals surface area contributed by atoms with Crippen LogP contribution in [0.2, 0.25) is 0 Å². The van der Waals surface area contributed by atoms with E-state index in [1.807, 2.05) is 12.1 Å². The first-order chi connectivity index (χ1) is 8.49. The minimum absolute atomic E-state index is 0.0527. The summed E-state index contributed by atoms with van der Waals surface area (Å²) in [6.07, 6.45) is 1.41. The first-order valence-corrected chi connectivity index (χ1v) is 6.34. The van der Waals surface area contributed by atoms with Gasteiger partial charge in [-0.1, -0.05) is 0 Å². The minimum Gasteiger partial charge on any atom is -0.399 e. The molecule has 1 aromatic rings. The molecule has 0 atom stereocenters. The van der Waals surface area contributed by atoms with E-state index in [1.165, 1.54) is 0 Å². The molecule has 18 heavy (non-hydrogen) atoms. The molecule has 4 heteroatoms. The van der Waals surface area contributed by atoms with E-state index in [0.29, 0.717) is 18.2 Å². The summed E-state index contributed by atoms with van der Waals surface area (Å²) in [6.45, 7) is 5.23. The van der Waals surface area contributed by atoms with Crippen molar-refractivity contribution in [1.82, 2.24) is 4.90 Å². The number of rotatable bonds is 6. The lowest BCUT2D eigenvalue weighted by atomic mass is 10.2. The van der Waals surface area contributed by atoms with Crippen LogP contribution in [0.3, 0.4) is 0 Å². The number of nitrogens with zero attached hydrogens (tertiary/aromatic N) is 1. The summed E-state index contributed by atoms with van der Waals surface area (Å²) < 4.78 is 0. The van der Waals surface area contributed by atoms with Crippen molar-refractivity contribution in [1.29, 1.82) is 0 Å². The zero-order chi connectivity index (χ0) is 13.5. The molecule has 0 aliphatic heterocycles. The SMILES string of the molecule is CC(C)N(C)CCCC(=O)Nc1ccc(N)cc1. The van der Waals surface area contributed by atoms with E-state index in [1.54, 1.807) is 12.1 Å². The highest BCUT2D eigenvalue weighted by atomic mass is 16.1. The lowest BCUT2D eigenvalue weighted by Gasteiger charge is -2.20. The Bertz CT molecular complexity index is 373. The van der Waals surface area contributed by atoms with Crippen LogP contribution in [0.4, 0.5) is 11.4 Å². The predicted octanol–water partition coefficient (Wildman–Crippen LogP) is 2.33. The van der Waals surface area contributed by atoms with Gasteiger partial charge >= 0.3 is 0 Å². The maximum Gasteiger partial charge on any atom is 0.224 e. The standard InChI is InChI=1S/C14H23N3O/c1-11(2)17(3)10-4-5-14(18)16-13-8-6-12(15)7-9-13/h6-9,11H,4-5,10,15H2,1-3H3,(H,16,18). The second kappa shape index (κ2) is 7.01. The Morgan fingerprint density at radius 3 is 2.50 bits per heavy atom. The number of nitrogens with one attached hydrogen (secondary N) is 1. The fraction of sp³-hybridized carbons (Fsp3) is 0.500. The molecule has 0 saturated carbocycles. The molecule has 0 spiro atoms. The zero-order valence-corrected chi connectivity index (χ0v) is 11.4. The van der Waals surface area contributed by atoms with Crippen molar-refractivity contribution in [2.45, 2.75) is 32.7 Å². The quantitative estimate of drug-likeness (QED) is 0.761. The molecule has 0 aliphatic rings. The van der Waals surface area contributed by atoms with Crippen molar-refractivity contribution in [3.63, 3.8) is 0 Å². The highest BCUT2D eigenvalue weighted by Crippen LogP contribution is 2.11. The number of amides is 1. The summed E-state index contributed by atoms with van der Waals surface area (Å²) in [5.41, 5.74) is 7.08. The summed E-state index contributed by atoms with van der Waals surface area (Å²) in [7, 11) is 2.07. The van der Waals surface area contributed by atoms with E-state index in [0.717, 1.165) is 18.7 Å². The number of anilines is 2. The average Bonchev–Trinajstić information content (AvgIpc) is 2.32. The van der Waals surface area contributed by atoms with Gasteiger partial charge in [0.15, 0.2) is 0 Å². The van der Waals surface area contributed by atoms with E-state index < -0.39 is 0 Å². The van der Waals surface area contributed by atoms with Gasteiger partial charge in [-0.15, -0.1) is 0 Å². The van der Waals surface area contributed by atoms with Crippen LogP contribution in [-0.4, -0.2) is 30.4 Å². The van der Waals surface area contributed by atoms with Crippen LogP contribution in [-0.2, 0) is 4.79 Å². The van der Waals surface area contributed by atoms with Crippen LogP contribution in [0.1, 0.15) is 26.7 Å². The third-order valence-corrected chi connectivity index (χ3v) is 2.99. The summed E-state index contributed by atoms with van der Waals surface area (Å²) >= 11 is 0. The van der Waals surface area contributed by atoms with Crippen molar-refractivity contribution in [3.05, 3.63) is 24.3 Å². The van der Waals surface area contributed by atoms with Crippen molar-refractivity contribution >= 4 is 17.3 Å². The van der Waals surface area contributed by atoms with E-state index in [2.05, 4.69) is 31.1 Å². The Morgan fingerprint density at radius 2 is 1.94 bits per heavy atom. The first-order valence-electron chi connectivity index (χ1n) is 6.34. The molecule has 3 N–H and O–H groups in total. The second-order valence-corrected chi connectivity index (χ2v) is 4.85. The predicted molar refractivity (Wildman–Crippen MR) is 76.5 cm³/mol. The molecule has 100 valence electrons. The molecule has 0 fully saturated rings. The molecule has 0 radical (unpaired) electrons. The molecule has 0 bridgehead atoms. The van der Waals surface area contributed by atoms with Gasteiger partial charge in [-0.25, -0.2) is 0 Å². The van der Waals surface area contributed by atoms with Crippen molar-refractivity contribution < 1.29 is 4.79 Å². The van der Waals surface area contributed by atoms with E-state index >= 15 is 0 Å². The van der Waals surface area contributed by atoms with Crippen LogP contribution in [0.25, 0.3) is 0 Å². The van der Waals surface area contributed by atoms with Crippen LogP contribution < -0.4 is 11.1 Å². The van der Waals surface area contributed by atoms with Crippen LogP contribution in [0, 0.1) is 0 Å². The Hall–Kier alpha value is -1.55. The maximum atomic E-state index is 11.7. The maximum absolute atomic E-state index is 11.7. The monoisotopic (exact) mass is 249 g/mol. The lowest BCUT2D eigenvalue weighted by molar-refractivity contribution is -0.116. The molecule has 1 amide bonds. The summed E-state index contributed by atoms with van der Waals surface area (Å²) in [4.78, 5) is 13.9. The molecular weight excluding hydrogens is 226 g/mol. The Balaban J connectivity index is 2.27. The largest absolute Gasteiger partial charge is 0.399 e. The third-order valence-electron chi connectivity index (χ3n) is 2.99. The van der Waals surface area contributed by atoms with Gasteiger partial charge in [0.2, 0.25) is 5.91 Å². The lowest BCUT2D eigenvalue weighted by Crippen LogP contribution is -2.28. The van der Waals surface area contributed by atoms with Gasteiger partial charge in [0.05, 0.1) is 0 Å². The minimum atomic E-state index is 0.0527. The fourth-order valence-electron chi connectivity index (χ4n) is 1.54. The second-order valence-electron chi connectivity index (χ2n) is 4.85. The molecule has 0 saturated heterocycles. The fourth-order valence-corrected chi connectivity index (χ4v) is 1.54. The molecule has 0 aliphatic carbocycles. The molecule has 4 nitrogen and oxygen atoms in total. The summed E-state index contributed by atoms with van der Waals surface area (Å²) in [5, 5.41) is 2.86. The van der Waals surface area contributed by atoms with Crippen molar-refractivity contribution in [2.75, 3.05) is 24.6 Å². The van der Waals surface area contributed by atoms with E-state index in [9.17, 15) is 4.79 Å². The summed E-state index contributed by atoms with van der Waals surface area (Å²) in [5.74, 6) is 0.0527. The molecule has 1 rings (SSSR count). The Morgan fingerprint density at radius 1 is 1.33 bits per heavy atom. The molecule has 1 aromatic carbocycles. The number of nitrogen functional groups attached to an aromatic ring is 1. The van der Waals surface area contributed by atoms with Crippen LogP contribution in [0.5, 0.6) is 0 Å². The van der Waals surface area contributed by atoms with Crippen molar-refractivity contribution in [2.24, 2.45) is 0 Å². The smallest absolute Gasteiger partial charge is 0.224 e. The number of nitrogens with two attached hydrogens (primary N) is 1. The van der Waals surface area contributed by atoms with E-state index in [4.69, 9.17) is 5.73 Å². The van der Waals surface area contributed by atoms with Gasteiger partial charge in [0.25, 0.3) is 0 Å². The van der Waals surface area contributed by atoms with Crippen LogP contribution >= 0.6 is 0 Å². The van der Waals surface area contributed by atoms with Gasteiger partial charge in [0, 0.05) is 23.8 Å². The molecule has 0 heterocycles. The molecular formula is C14H23N3O. The van der Waals surface area contributed by atoms with Gasteiger partial charge < -0.3 is 16.0 Å². The third kappa shape index (κ3) is 5.19. The number of carbonyl (C=O) groups excluding carboxylic acids is 1. The van der Waals surface area contributed by atoms with Gasteiger partial charge in [0.1, 0.15) is 0 Å². The van der Waals surface area contributed by atoms with Gasteiger partial charge in [-0.2, -0.15) is 0 Å². The molecule has 0 unspecified atom stereocenters. The van der Waals surface area contributed by atoms with Gasteiger partial charge in [-0.3, -0.25) is 4.79 Å². The Kier molecular flexibility index (Phi) is 5.65. The zero-order valence-electron chi connectivity index (χ0n) is 11.4. The van der Waals surface area contributed by atoms with E-state index in [-0.39, 0.29) is 5.91 Å². The van der Waals surface area contributed by atoms with Crippen molar-refractivity contribution in [3.8, 4) is 0 Å². The van der Waals surface area contributed by atoms with Crippen LogP contribution in [0.15, 0.2) is 24.3 Å². The summed E-state index contributed by atoms with van der Waals surface area (Å²) in [6, 6.07) is 7.70. The topological polar surface area (TPSA) is 58.4 Å². The first kappa shape index (κ1) is 14.5. The number of hydrogen-bond acceptors (Lipinski definition) is 3. The molecule has 0 aromatic heterocycles. The Labute approximate surface area is 109 Å². The number of benzene rings is 1. The highest BCUT2D eigenvalue weighted by Gasteiger charge is 2.05. The number of carbonyl (C=O) groups is 1. The highest BCUT2D eigenvalue weighted by molar-refractivity contribution is 5.90. The normalized spacial score (nSPS) is 10.9. The average molecular weight is 249 g/mol. The number of hydrogen-bond donors (Lipinski definition) is 2.